The van der Waals surface area contributed by atoms with Crippen LogP contribution in [0.3, 0.4) is 0 Å². The summed E-state index contributed by atoms with van der Waals surface area (Å²) in [5.74, 6) is -0.742. The molecule has 3 aromatic rings. The molecule has 41 heavy (non-hydrogen) atoms. The average Bonchev–Trinajstić information content (AvgIpc) is 3.50. The Hall–Kier alpha value is -3.61. The number of aromatic nitrogens is 2. The minimum atomic E-state index is -1.03. The Balaban J connectivity index is 1.34. The molecule has 220 valence electrons. The van der Waals surface area contributed by atoms with Crippen molar-refractivity contribution in [2.75, 3.05) is 51.8 Å². The summed E-state index contributed by atoms with van der Waals surface area (Å²) in [7, 11) is 2.11. The van der Waals surface area contributed by atoms with Gasteiger partial charge in [-0.1, -0.05) is 24.3 Å². The minimum absolute atomic E-state index is 0.0299. The van der Waals surface area contributed by atoms with E-state index in [9.17, 15) is 18.0 Å². The molecular formula is C29H35F3N6O3. The number of likely N-dealkylation sites (tertiary alicyclic amines) is 1. The van der Waals surface area contributed by atoms with Crippen LogP contribution in [0.4, 0.5) is 23.8 Å². The number of carbonyl (C=O) groups is 1. The Bertz CT molecular complexity index is 1330. The van der Waals surface area contributed by atoms with E-state index in [1.54, 1.807) is 4.68 Å². The van der Waals surface area contributed by atoms with Crippen molar-refractivity contribution in [3.63, 3.8) is 0 Å². The summed E-state index contributed by atoms with van der Waals surface area (Å²) in [5, 5.41) is 11.8. The molecule has 2 aliphatic rings. The molecule has 2 aromatic carbocycles. The summed E-state index contributed by atoms with van der Waals surface area (Å²) in [4.78, 5) is 21.4. The normalized spacial score (nSPS) is 20.3. The van der Waals surface area contributed by atoms with Gasteiger partial charge in [0.1, 0.15) is 18.6 Å². The third-order valence-corrected chi connectivity index (χ3v) is 7.56. The number of piperidine rings is 1. The topological polar surface area (TPSA) is 83.9 Å². The van der Waals surface area contributed by atoms with E-state index in [2.05, 4.69) is 27.7 Å². The highest BCUT2D eigenvalue weighted by atomic mass is 19.2. The Morgan fingerprint density at radius 1 is 1.12 bits per heavy atom. The van der Waals surface area contributed by atoms with E-state index in [0.717, 1.165) is 43.8 Å². The summed E-state index contributed by atoms with van der Waals surface area (Å²) >= 11 is 0. The van der Waals surface area contributed by atoms with Crippen molar-refractivity contribution in [2.24, 2.45) is 5.92 Å². The molecule has 9 nitrogen and oxygen atoms in total. The van der Waals surface area contributed by atoms with Crippen LogP contribution in [0.1, 0.15) is 30.1 Å². The third kappa shape index (κ3) is 6.83. The second kappa shape index (κ2) is 12.9. The Labute approximate surface area is 237 Å². The van der Waals surface area contributed by atoms with Gasteiger partial charge in [-0.05, 0) is 75.6 Å². The van der Waals surface area contributed by atoms with E-state index in [1.165, 1.54) is 11.1 Å². The number of nitrogens with zero attached hydrogens (tertiary/aromatic N) is 4. The molecule has 2 N–H and O–H groups in total. The number of anilines is 1. The number of para-hydroxylation sites is 1. The third-order valence-electron chi connectivity index (χ3n) is 7.56. The lowest BCUT2D eigenvalue weighted by atomic mass is 9.98. The number of benzene rings is 2. The smallest absolute Gasteiger partial charge is 0.320 e. The van der Waals surface area contributed by atoms with Gasteiger partial charge in [0.15, 0.2) is 11.6 Å². The van der Waals surface area contributed by atoms with Crippen molar-refractivity contribution >= 4 is 11.8 Å². The van der Waals surface area contributed by atoms with Gasteiger partial charge in [0, 0.05) is 6.54 Å². The molecule has 2 amide bonds. The van der Waals surface area contributed by atoms with Crippen LogP contribution in [0, 0.1) is 24.5 Å². The van der Waals surface area contributed by atoms with Crippen molar-refractivity contribution in [1.82, 2.24) is 25.1 Å². The van der Waals surface area contributed by atoms with Gasteiger partial charge in [-0.25, -0.2) is 22.6 Å². The maximum Gasteiger partial charge on any atom is 0.320 e. The summed E-state index contributed by atoms with van der Waals surface area (Å²) in [5.41, 5.74) is 1.72. The standard InChI is InChI=1S/C29H35F3N6O3/c1-19-27(38(22-6-4-3-5-7-22)35-28(19)40-18-20-10-13-36(2)14-11-20)34-29(39)33-25-17-37(15-12-30)41-26(25)21-8-9-23(31)24(32)16-21/h3-9,16,20,25-26H,10-15,17-18H2,1-2H3,(H2,33,34,39)/t25-,26+/m1/s1. The van der Waals surface area contributed by atoms with Crippen LogP contribution >= 0.6 is 0 Å². The van der Waals surface area contributed by atoms with Gasteiger partial charge >= 0.3 is 6.03 Å². The number of hydroxylamine groups is 2. The highest BCUT2D eigenvalue weighted by molar-refractivity contribution is 5.90. The molecular weight excluding hydrogens is 537 g/mol. The molecule has 2 aliphatic heterocycles. The van der Waals surface area contributed by atoms with Gasteiger partial charge in [-0.3, -0.25) is 10.2 Å². The first-order chi connectivity index (χ1) is 19.8. The van der Waals surface area contributed by atoms with Crippen molar-refractivity contribution < 1.29 is 27.5 Å². The van der Waals surface area contributed by atoms with Gasteiger partial charge in [0.25, 0.3) is 0 Å². The van der Waals surface area contributed by atoms with E-state index in [0.29, 0.717) is 35.3 Å². The van der Waals surface area contributed by atoms with Crippen LogP contribution in [0.5, 0.6) is 5.88 Å². The second-order valence-corrected chi connectivity index (χ2v) is 10.6. The van der Waals surface area contributed by atoms with Gasteiger partial charge in [0.05, 0.1) is 30.4 Å². The predicted octanol–water partition coefficient (Wildman–Crippen LogP) is 4.63. The van der Waals surface area contributed by atoms with Crippen LogP contribution in [-0.4, -0.2) is 78.3 Å². The number of amides is 2. The fraction of sp³-hybridized carbons (Fsp3) is 0.448. The number of urea groups is 1. The zero-order chi connectivity index (χ0) is 28.9. The van der Waals surface area contributed by atoms with E-state index < -0.39 is 36.5 Å². The Morgan fingerprint density at radius 2 is 1.88 bits per heavy atom. The SMILES string of the molecule is Cc1c(OCC2CCN(C)CC2)nn(-c2ccccc2)c1NC(=O)N[C@@H]1CN(CCF)O[C@H]1c1ccc(F)c(F)c1. The number of hydrogen-bond acceptors (Lipinski definition) is 6. The fourth-order valence-electron chi connectivity index (χ4n) is 5.19. The number of ether oxygens (including phenoxy) is 1. The van der Waals surface area contributed by atoms with E-state index in [1.807, 2.05) is 37.3 Å². The second-order valence-electron chi connectivity index (χ2n) is 10.6. The molecule has 0 bridgehead atoms. The lowest BCUT2D eigenvalue weighted by Gasteiger charge is -2.28. The largest absolute Gasteiger partial charge is 0.476 e. The molecule has 0 saturated carbocycles. The van der Waals surface area contributed by atoms with E-state index >= 15 is 0 Å². The minimum Gasteiger partial charge on any atom is -0.476 e. The van der Waals surface area contributed by atoms with Gasteiger partial charge in [-0.15, -0.1) is 5.10 Å². The maximum absolute atomic E-state index is 14.0. The highest BCUT2D eigenvalue weighted by Gasteiger charge is 2.37. The predicted molar refractivity (Wildman–Crippen MR) is 148 cm³/mol. The molecule has 0 aliphatic carbocycles. The number of alkyl halides is 1. The fourth-order valence-corrected chi connectivity index (χ4v) is 5.19. The highest BCUT2D eigenvalue weighted by Crippen LogP contribution is 2.32. The molecule has 2 saturated heterocycles. The van der Waals surface area contributed by atoms with E-state index in [-0.39, 0.29) is 13.1 Å². The van der Waals surface area contributed by atoms with Crippen LogP contribution in [-0.2, 0) is 4.84 Å². The zero-order valence-electron chi connectivity index (χ0n) is 23.2. The van der Waals surface area contributed by atoms with Crippen molar-refractivity contribution in [1.29, 1.82) is 0 Å². The summed E-state index contributed by atoms with van der Waals surface area (Å²) in [6.45, 7) is 3.87. The maximum atomic E-state index is 14.0. The van der Waals surface area contributed by atoms with Crippen LogP contribution in [0.25, 0.3) is 5.69 Å². The van der Waals surface area contributed by atoms with Crippen molar-refractivity contribution in [2.45, 2.75) is 31.9 Å². The molecule has 2 fully saturated rings. The molecule has 0 spiro atoms. The number of halogens is 3. The average molecular weight is 573 g/mol. The molecule has 12 heteroatoms. The number of hydrogen-bond donors (Lipinski definition) is 2. The molecule has 2 atom stereocenters. The zero-order valence-corrected chi connectivity index (χ0v) is 23.2. The molecule has 5 rings (SSSR count). The van der Waals surface area contributed by atoms with Crippen molar-refractivity contribution in [3.05, 3.63) is 71.3 Å². The van der Waals surface area contributed by atoms with Crippen LogP contribution in [0.2, 0.25) is 0 Å². The summed E-state index contributed by atoms with van der Waals surface area (Å²) in [6, 6.07) is 11.6. The monoisotopic (exact) mass is 572 g/mol. The van der Waals surface area contributed by atoms with E-state index in [4.69, 9.17) is 9.57 Å². The quantitative estimate of drug-likeness (QED) is 0.389. The van der Waals surface area contributed by atoms with Gasteiger partial charge in [-0.2, -0.15) is 5.06 Å². The number of carbonyl (C=O) groups excluding carboxylic acids is 1. The number of nitrogens with one attached hydrogen (secondary N) is 2. The van der Waals surface area contributed by atoms with Gasteiger partial charge < -0.3 is 15.0 Å². The molecule has 3 heterocycles. The molecule has 0 unspecified atom stereocenters. The summed E-state index contributed by atoms with van der Waals surface area (Å²) in [6.07, 6.45) is 1.26. The first kappa shape index (κ1) is 28.9. The first-order valence-corrected chi connectivity index (χ1v) is 13.8. The lowest BCUT2D eigenvalue weighted by molar-refractivity contribution is -0.149. The molecule has 1 aromatic heterocycles. The molecule has 0 radical (unpaired) electrons. The van der Waals surface area contributed by atoms with Crippen molar-refractivity contribution in [3.8, 4) is 11.6 Å². The first-order valence-electron chi connectivity index (χ1n) is 13.8. The summed E-state index contributed by atoms with van der Waals surface area (Å²) < 4.78 is 48.4. The number of rotatable bonds is 9. The Morgan fingerprint density at radius 3 is 2.59 bits per heavy atom. The lowest BCUT2D eigenvalue weighted by Crippen LogP contribution is -2.42. The van der Waals surface area contributed by atoms with Gasteiger partial charge in [0.2, 0.25) is 5.88 Å². The van der Waals surface area contributed by atoms with Crippen LogP contribution < -0.4 is 15.4 Å². The Kier molecular flexibility index (Phi) is 9.11. The van der Waals surface area contributed by atoms with Crippen LogP contribution in [0.15, 0.2) is 48.5 Å².